The molecule has 0 spiro atoms. The number of carbonyl (C=O) groups is 2. The number of tetrazole rings is 1. The van der Waals surface area contributed by atoms with E-state index in [2.05, 4.69) is 41.3 Å². The summed E-state index contributed by atoms with van der Waals surface area (Å²) in [6.45, 7) is 1.68. The summed E-state index contributed by atoms with van der Waals surface area (Å²) >= 11 is 0. The molecule has 3 aromatic carbocycles. The van der Waals surface area contributed by atoms with Crippen LogP contribution in [0.4, 0.5) is 21.5 Å². The van der Waals surface area contributed by atoms with Crippen molar-refractivity contribution in [3.05, 3.63) is 77.7 Å². The Morgan fingerprint density at radius 3 is 2.52 bits per heavy atom. The molecule has 40 heavy (non-hydrogen) atoms. The Kier molecular flexibility index (Phi) is 6.64. The van der Waals surface area contributed by atoms with Crippen LogP contribution >= 0.6 is 0 Å². The molecule has 5 aromatic rings. The quantitative estimate of drug-likeness (QED) is 0.291. The number of piperidine rings is 1. The zero-order valence-electron chi connectivity index (χ0n) is 21.7. The fraction of sp³-hybridized carbons (Fsp3) is 0.214. The average Bonchev–Trinajstić information content (AvgIpc) is 3.63. The van der Waals surface area contributed by atoms with Crippen LogP contribution in [0.25, 0.3) is 22.3 Å². The Morgan fingerprint density at radius 2 is 1.73 bits per heavy atom. The zero-order chi connectivity index (χ0) is 27.6. The van der Waals surface area contributed by atoms with Crippen molar-refractivity contribution < 1.29 is 14.0 Å². The number of nitrogens with zero attached hydrogens (tertiary/aromatic N) is 6. The maximum atomic E-state index is 14.6. The number of hydrogen-bond donors (Lipinski definition) is 3. The molecule has 0 unspecified atom stereocenters. The normalized spacial score (nSPS) is 13.4. The second-order valence-electron chi connectivity index (χ2n) is 9.61. The van der Waals surface area contributed by atoms with E-state index in [-0.39, 0.29) is 28.7 Å². The average molecular weight is 540 g/mol. The van der Waals surface area contributed by atoms with Crippen molar-refractivity contribution in [2.45, 2.75) is 19.3 Å². The summed E-state index contributed by atoms with van der Waals surface area (Å²) in [5, 5.41) is 24.4. The Labute approximate surface area is 228 Å². The second kappa shape index (κ2) is 10.6. The number of benzene rings is 3. The summed E-state index contributed by atoms with van der Waals surface area (Å²) in [5.74, 6) is -1.26. The van der Waals surface area contributed by atoms with E-state index in [1.807, 2.05) is 30.3 Å². The van der Waals surface area contributed by atoms with Crippen LogP contribution in [-0.4, -0.2) is 55.3 Å². The lowest BCUT2D eigenvalue weighted by molar-refractivity contribution is 0.101. The highest BCUT2D eigenvalue weighted by molar-refractivity contribution is 6.13. The minimum atomic E-state index is -0.610. The van der Waals surface area contributed by atoms with E-state index >= 15 is 0 Å². The van der Waals surface area contributed by atoms with E-state index in [0.29, 0.717) is 11.3 Å². The predicted octanol–water partition coefficient (Wildman–Crippen LogP) is 4.39. The van der Waals surface area contributed by atoms with Crippen molar-refractivity contribution in [3.63, 3.8) is 0 Å². The van der Waals surface area contributed by atoms with Gasteiger partial charge >= 0.3 is 0 Å². The van der Waals surface area contributed by atoms with Gasteiger partial charge in [-0.05, 0) is 66.9 Å². The molecule has 11 nitrogen and oxygen atoms in total. The SMILES string of the molecule is Cn1nc(C(=O)Nc2cc(C(=O)Nc3cc(-c4nn[nH]n4)ccc3F)ccc2N2CCCCC2)c2ccccc21. The molecule has 0 atom stereocenters. The Hall–Kier alpha value is -5.13. The lowest BCUT2D eigenvalue weighted by atomic mass is 10.1. The van der Waals surface area contributed by atoms with Gasteiger partial charge in [0.1, 0.15) is 5.82 Å². The fourth-order valence-electron chi connectivity index (χ4n) is 4.99. The number of amides is 2. The van der Waals surface area contributed by atoms with Crippen LogP contribution in [0.2, 0.25) is 0 Å². The molecule has 2 aromatic heterocycles. The van der Waals surface area contributed by atoms with Crippen LogP contribution in [0.15, 0.2) is 60.7 Å². The van der Waals surface area contributed by atoms with Gasteiger partial charge in [-0.25, -0.2) is 4.39 Å². The Bertz CT molecular complexity index is 1710. The third-order valence-electron chi connectivity index (χ3n) is 6.99. The number of hydrogen-bond acceptors (Lipinski definition) is 7. The number of H-pyrrole nitrogens is 1. The molecule has 0 bridgehead atoms. The van der Waals surface area contributed by atoms with Crippen LogP contribution in [0.3, 0.4) is 0 Å². The number of halogens is 1. The van der Waals surface area contributed by atoms with Crippen molar-refractivity contribution in [2.24, 2.45) is 7.05 Å². The molecule has 2 amide bonds. The minimum Gasteiger partial charge on any atom is -0.370 e. The van der Waals surface area contributed by atoms with Gasteiger partial charge in [0.05, 0.1) is 22.6 Å². The van der Waals surface area contributed by atoms with Gasteiger partial charge in [-0.1, -0.05) is 18.2 Å². The maximum absolute atomic E-state index is 14.6. The van der Waals surface area contributed by atoms with E-state index in [1.54, 1.807) is 23.9 Å². The number of rotatable bonds is 6. The fourth-order valence-corrected chi connectivity index (χ4v) is 4.99. The van der Waals surface area contributed by atoms with E-state index in [0.717, 1.165) is 48.9 Å². The number of aromatic amines is 1. The lowest BCUT2D eigenvalue weighted by Crippen LogP contribution is -2.30. The monoisotopic (exact) mass is 539 g/mol. The molecule has 6 rings (SSSR count). The molecule has 12 heteroatoms. The highest BCUT2D eigenvalue weighted by Gasteiger charge is 2.22. The molecule has 202 valence electrons. The predicted molar refractivity (Wildman–Crippen MR) is 149 cm³/mol. The van der Waals surface area contributed by atoms with Crippen LogP contribution in [0, 0.1) is 5.82 Å². The molecule has 0 saturated carbocycles. The Morgan fingerprint density at radius 1 is 0.925 bits per heavy atom. The van der Waals surface area contributed by atoms with Gasteiger partial charge in [-0.3, -0.25) is 14.3 Å². The zero-order valence-corrected chi connectivity index (χ0v) is 21.7. The van der Waals surface area contributed by atoms with Crippen molar-refractivity contribution in [1.29, 1.82) is 0 Å². The molecule has 0 radical (unpaired) electrons. The van der Waals surface area contributed by atoms with Gasteiger partial charge in [0.2, 0.25) is 5.82 Å². The molecule has 1 saturated heterocycles. The molecule has 3 heterocycles. The smallest absolute Gasteiger partial charge is 0.276 e. The number of para-hydroxylation sites is 1. The van der Waals surface area contributed by atoms with E-state index in [1.165, 1.54) is 18.2 Å². The number of aromatic nitrogens is 6. The molecular weight excluding hydrogens is 513 g/mol. The van der Waals surface area contributed by atoms with E-state index in [9.17, 15) is 14.0 Å². The van der Waals surface area contributed by atoms with Crippen molar-refractivity contribution in [3.8, 4) is 11.4 Å². The second-order valence-corrected chi connectivity index (χ2v) is 9.61. The highest BCUT2D eigenvalue weighted by Crippen LogP contribution is 2.31. The van der Waals surface area contributed by atoms with Crippen molar-refractivity contribution in [1.82, 2.24) is 30.4 Å². The molecule has 1 aliphatic heterocycles. The van der Waals surface area contributed by atoms with E-state index < -0.39 is 11.7 Å². The molecule has 3 N–H and O–H groups in total. The molecular formula is C28H26FN9O2. The highest BCUT2D eigenvalue weighted by atomic mass is 19.1. The maximum Gasteiger partial charge on any atom is 0.276 e. The number of aryl methyl sites for hydroxylation is 1. The van der Waals surface area contributed by atoms with Gasteiger partial charge in [0, 0.05) is 36.7 Å². The molecule has 1 aliphatic rings. The number of anilines is 3. The van der Waals surface area contributed by atoms with Crippen LogP contribution < -0.4 is 15.5 Å². The number of fused-ring (bicyclic) bond motifs is 1. The third-order valence-corrected chi connectivity index (χ3v) is 6.99. The first-order chi connectivity index (χ1) is 19.5. The van der Waals surface area contributed by atoms with Crippen LogP contribution in [0.1, 0.15) is 40.1 Å². The van der Waals surface area contributed by atoms with E-state index in [4.69, 9.17) is 0 Å². The number of carbonyl (C=O) groups excluding carboxylic acids is 2. The van der Waals surface area contributed by atoms with Gasteiger partial charge in [-0.15, -0.1) is 10.2 Å². The first kappa shape index (κ1) is 25.2. The van der Waals surface area contributed by atoms with Gasteiger partial charge in [0.25, 0.3) is 11.8 Å². The standard InChI is InChI=1S/C28H26FN9O2/c1-37-23-8-4-3-7-19(23)25(34-37)28(40)31-22-16-18(10-12-24(22)38-13-5-2-6-14-38)27(39)30-21-15-17(9-11-20(21)29)26-32-35-36-33-26/h3-4,7-12,15-16H,2,5-6,13-14H2,1H3,(H,30,39)(H,31,40)(H,32,33,35,36). The summed E-state index contributed by atoms with van der Waals surface area (Å²) < 4.78 is 16.3. The summed E-state index contributed by atoms with van der Waals surface area (Å²) in [6.07, 6.45) is 3.22. The van der Waals surface area contributed by atoms with Crippen molar-refractivity contribution in [2.75, 3.05) is 28.6 Å². The number of nitrogens with one attached hydrogen (secondary N) is 3. The third kappa shape index (κ3) is 4.86. The summed E-state index contributed by atoms with van der Waals surface area (Å²) in [7, 11) is 1.79. The lowest BCUT2D eigenvalue weighted by Gasteiger charge is -2.30. The summed E-state index contributed by atoms with van der Waals surface area (Å²) in [4.78, 5) is 28.9. The van der Waals surface area contributed by atoms with Gasteiger partial charge < -0.3 is 15.5 Å². The summed E-state index contributed by atoms with van der Waals surface area (Å²) in [5.41, 5.74) is 3.14. The molecule has 0 aliphatic carbocycles. The topological polar surface area (TPSA) is 134 Å². The minimum absolute atomic E-state index is 0.0297. The first-order valence-corrected chi connectivity index (χ1v) is 12.9. The van der Waals surface area contributed by atoms with Gasteiger partial charge in [0.15, 0.2) is 5.69 Å². The van der Waals surface area contributed by atoms with Crippen LogP contribution in [-0.2, 0) is 7.05 Å². The van der Waals surface area contributed by atoms with Gasteiger partial charge in [-0.2, -0.15) is 10.3 Å². The Balaban J connectivity index is 1.32. The summed E-state index contributed by atoms with van der Waals surface area (Å²) in [6, 6.07) is 16.8. The van der Waals surface area contributed by atoms with Crippen molar-refractivity contribution >= 4 is 39.8 Å². The first-order valence-electron chi connectivity index (χ1n) is 12.9. The molecule has 1 fully saturated rings. The van der Waals surface area contributed by atoms with Crippen LogP contribution in [0.5, 0.6) is 0 Å². The largest absolute Gasteiger partial charge is 0.370 e.